The molecule has 1 aromatic carbocycles. The van der Waals surface area contributed by atoms with Crippen molar-refractivity contribution in [2.24, 2.45) is 0 Å². The van der Waals surface area contributed by atoms with Crippen molar-refractivity contribution in [3.05, 3.63) is 29.8 Å². The molecule has 0 saturated carbocycles. The van der Waals surface area contributed by atoms with Crippen molar-refractivity contribution in [3.8, 4) is 0 Å². The Morgan fingerprint density at radius 3 is 2.82 bits per heavy atom. The predicted molar refractivity (Wildman–Crippen MR) is 88.9 cm³/mol. The number of carbonyl (C=O) groups excluding carboxylic acids is 1. The minimum Gasteiger partial charge on any atom is -0.388 e. The molecule has 0 spiro atoms. The summed E-state index contributed by atoms with van der Waals surface area (Å²) in [7, 11) is 0. The maximum atomic E-state index is 11.3. The van der Waals surface area contributed by atoms with Gasteiger partial charge in [-0.25, -0.2) is 0 Å². The third-order valence-electron chi connectivity index (χ3n) is 4.05. The summed E-state index contributed by atoms with van der Waals surface area (Å²) in [6.45, 7) is 7.01. The summed E-state index contributed by atoms with van der Waals surface area (Å²) in [5.74, 6) is 0.00284. The summed E-state index contributed by atoms with van der Waals surface area (Å²) in [4.78, 5) is 13.7. The Morgan fingerprint density at radius 1 is 1.32 bits per heavy atom. The molecule has 5 nitrogen and oxygen atoms in total. The number of nitrogens with one attached hydrogen (secondary N) is 2. The van der Waals surface area contributed by atoms with Crippen LogP contribution in [-0.4, -0.2) is 48.6 Å². The monoisotopic (exact) mass is 305 g/mol. The first-order valence-electron chi connectivity index (χ1n) is 8.20. The lowest BCUT2D eigenvalue weighted by Gasteiger charge is -2.21. The number of nitrogens with zero attached hydrogens (tertiary/aromatic N) is 1. The molecule has 1 saturated heterocycles. The average molecular weight is 305 g/mol. The van der Waals surface area contributed by atoms with E-state index in [1.54, 1.807) is 0 Å². The Labute approximate surface area is 132 Å². The number of anilines is 1. The molecule has 0 bridgehead atoms. The number of benzene rings is 1. The molecule has 1 unspecified atom stereocenters. The number of aliphatic hydroxyl groups is 1. The van der Waals surface area contributed by atoms with Crippen LogP contribution in [-0.2, 0) is 4.79 Å². The summed E-state index contributed by atoms with van der Waals surface area (Å²) >= 11 is 0. The van der Waals surface area contributed by atoms with E-state index in [9.17, 15) is 9.90 Å². The van der Waals surface area contributed by atoms with Gasteiger partial charge in [-0.3, -0.25) is 4.79 Å². The fourth-order valence-corrected chi connectivity index (χ4v) is 2.63. The minimum atomic E-state index is -0.452. The van der Waals surface area contributed by atoms with Gasteiger partial charge in [0, 0.05) is 31.7 Å². The van der Waals surface area contributed by atoms with Crippen molar-refractivity contribution in [3.63, 3.8) is 0 Å². The second-order valence-corrected chi connectivity index (χ2v) is 5.77. The lowest BCUT2D eigenvalue weighted by molar-refractivity contribution is -0.115. The van der Waals surface area contributed by atoms with Crippen LogP contribution in [0, 0.1) is 0 Å². The molecule has 2 rings (SSSR count). The minimum absolute atomic E-state index is 0.00284. The summed E-state index contributed by atoms with van der Waals surface area (Å²) in [5.41, 5.74) is 1.68. The molecule has 0 aliphatic carbocycles. The van der Waals surface area contributed by atoms with E-state index in [2.05, 4.69) is 15.5 Å². The zero-order chi connectivity index (χ0) is 15.8. The highest BCUT2D eigenvalue weighted by molar-refractivity contribution is 5.90. The number of amides is 1. The first-order chi connectivity index (χ1) is 10.7. The van der Waals surface area contributed by atoms with Gasteiger partial charge in [0.25, 0.3) is 0 Å². The molecule has 1 aromatic rings. The maximum Gasteiger partial charge on any atom is 0.224 e. The van der Waals surface area contributed by atoms with Crippen molar-refractivity contribution in [2.45, 2.75) is 32.3 Å². The third-order valence-corrected chi connectivity index (χ3v) is 4.05. The number of hydrogen-bond acceptors (Lipinski definition) is 4. The second-order valence-electron chi connectivity index (χ2n) is 5.77. The molecule has 22 heavy (non-hydrogen) atoms. The van der Waals surface area contributed by atoms with Crippen LogP contribution in [0.4, 0.5) is 5.69 Å². The first-order valence-corrected chi connectivity index (χ1v) is 8.20. The van der Waals surface area contributed by atoms with Gasteiger partial charge >= 0.3 is 0 Å². The number of aliphatic hydroxyl groups excluding tert-OH is 1. The lowest BCUT2D eigenvalue weighted by Crippen LogP contribution is -2.29. The van der Waals surface area contributed by atoms with Crippen LogP contribution in [0.2, 0.25) is 0 Å². The molecule has 5 heteroatoms. The molecular formula is C17H27N3O2. The standard InChI is InChI=1S/C17H27N3O2/c1-2-17(22)19-15-6-4-14(5-7-15)16(21)8-12-20-11-3-9-18-10-13-20/h4-7,16,18,21H,2-3,8-13H2,1H3,(H,19,22). The van der Waals surface area contributed by atoms with Crippen molar-refractivity contribution >= 4 is 11.6 Å². The van der Waals surface area contributed by atoms with E-state index >= 15 is 0 Å². The molecular weight excluding hydrogens is 278 g/mol. The topological polar surface area (TPSA) is 64.6 Å². The smallest absolute Gasteiger partial charge is 0.224 e. The quantitative estimate of drug-likeness (QED) is 0.749. The highest BCUT2D eigenvalue weighted by atomic mass is 16.3. The highest BCUT2D eigenvalue weighted by Gasteiger charge is 2.12. The zero-order valence-corrected chi connectivity index (χ0v) is 13.3. The van der Waals surface area contributed by atoms with Gasteiger partial charge in [0.1, 0.15) is 0 Å². The van der Waals surface area contributed by atoms with Crippen LogP contribution >= 0.6 is 0 Å². The molecule has 1 fully saturated rings. The second kappa shape index (κ2) is 8.88. The average Bonchev–Trinajstić information content (AvgIpc) is 2.82. The molecule has 1 amide bonds. The lowest BCUT2D eigenvalue weighted by atomic mass is 10.1. The third kappa shape index (κ3) is 5.40. The summed E-state index contributed by atoms with van der Waals surface area (Å²) in [5, 5.41) is 16.5. The van der Waals surface area contributed by atoms with E-state index in [-0.39, 0.29) is 5.91 Å². The van der Waals surface area contributed by atoms with Gasteiger partial charge in [-0.15, -0.1) is 0 Å². The van der Waals surface area contributed by atoms with Crippen molar-refractivity contribution < 1.29 is 9.90 Å². The Morgan fingerprint density at radius 2 is 2.09 bits per heavy atom. The van der Waals surface area contributed by atoms with E-state index in [4.69, 9.17) is 0 Å². The molecule has 0 aromatic heterocycles. The zero-order valence-electron chi connectivity index (χ0n) is 13.3. The molecule has 0 radical (unpaired) electrons. The Balaban J connectivity index is 1.81. The fraction of sp³-hybridized carbons (Fsp3) is 0.588. The van der Waals surface area contributed by atoms with Crippen LogP contribution in [0.25, 0.3) is 0 Å². The van der Waals surface area contributed by atoms with E-state index in [0.717, 1.165) is 50.4 Å². The molecule has 1 heterocycles. The van der Waals surface area contributed by atoms with Crippen molar-refractivity contribution in [1.29, 1.82) is 0 Å². The van der Waals surface area contributed by atoms with Crippen LogP contribution < -0.4 is 10.6 Å². The molecule has 1 atom stereocenters. The van der Waals surface area contributed by atoms with Gasteiger partial charge in [0.15, 0.2) is 0 Å². The van der Waals surface area contributed by atoms with Crippen LogP contribution in [0.15, 0.2) is 24.3 Å². The van der Waals surface area contributed by atoms with Crippen LogP contribution in [0.1, 0.15) is 37.9 Å². The Bertz CT molecular complexity index is 453. The normalized spacial score (nSPS) is 17.7. The molecule has 1 aliphatic heterocycles. The fourth-order valence-electron chi connectivity index (χ4n) is 2.63. The summed E-state index contributed by atoms with van der Waals surface area (Å²) in [6.07, 6.45) is 1.92. The van der Waals surface area contributed by atoms with Gasteiger partial charge in [-0.05, 0) is 43.6 Å². The van der Waals surface area contributed by atoms with Gasteiger partial charge < -0.3 is 20.6 Å². The van der Waals surface area contributed by atoms with E-state index < -0.39 is 6.10 Å². The Hall–Kier alpha value is -1.43. The molecule has 122 valence electrons. The van der Waals surface area contributed by atoms with Crippen molar-refractivity contribution in [1.82, 2.24) is 10.2 Å². The van der Waals surface area contributed by atoms with E-state index in [1.165, 1.54) is 6.42 Å². The van der Waals surface area contributed by atoms with E-state index in [0.29, 0.717) is 6.42 Å². The van der Waals surface area contributed by atoms with E-state index in [1.807, 2.05) is 31.2 Å². The molecule has 3 N–H and O–H groups in total. The van der Waals surface area contributed by atoms with Gasteiger partial charge in [-0.1, -0.05) is 19.1 Å². The SMILES string of the molecule is CCC(=O)Nc1ccc(C(O)CCN2CCCNCC2)cc1. The first kappa shape index (κ1) is 16.9. The predicted octanol–water partition coefficient (Wildman–Crippen LogP) is 1.75. The molecule has 1 aliphatic rings. The van der Waals surface area contributed by atoms with Crippen LogP contribution in [0.3, 0.4) is 0 Å². The maximum absolute atomic E-state index is 11.3. The summed E-state index contributed by atoms with van der Waals surface area (Å²) in [6, 6.07) is 7.48. The largest absolute Gasteiger partial charge is 0.388 e. The number of carbonyl (C=O) groups is 1. The number of hydrogen-bond donors (Lipinski definition) is 3. The van der Waals surface area contributed by atoms with Gasteiger partial charge in [0.2, 0.25) is 5.91 Å². The Kier molecular flexibility index (Phi) is 6.83. The van der Waals surface area contributed by atoms with Gasteiger partial charge in [0.05, 0.1) is 6.10 Å². The number of rotatable bonds is 6. The summed E-state index contributed by atoms with van der Waals surface area (Å²) < 4.78 is 0. The van der Waals surface area contributed by atoms with Crippen molar-refractivity contribution in [2.75, 3.05) is 38.0 Å². The van der Waals surface area contributed by atoms with Crippen LogP contribution in [0.5, 0.6) is 0 Å². The van der Waals surface area contributed by atoms with Gasteiger partial charge in [-0.2, -0.15) is 0 Å². The highest BCUT2D eigenvalue weighted by Crippen LogP contribution is 2.19.